The fourth-order valence-corrected chi connectivity index (χ4v) is 3.71. The molecule has 2 aromatic rings. The first-order chi connectivity index (χ1) is 10.8. The number of likely N-dealkylation sites (tertiary alicyclic amines) is 1. The zero-order chi connectivity index (χ0) is 15.0. The second-order valence-corrected chi connectivity index (χ2v) is 6.22. The number of carbonyl (C=O) groups is 1. The van der Waals surface area contributed by atoms with Crippen molar-refractivity contribution in [1.82, 2.24) is 9.88 Å². The van der Waals surface area contributed by atoms with E-state index in [0.29, 0.717) is 0 Å². The third-order valence-electron chi connectivity index (χ3n) is 4.96. The van der Waals surface area contributed by atoms with Crippen LogP contribution in [0.2, 0.25) is 0 Å². The summed E-state index contributed by atoms with van der Waals surface area (Å²) in [6.45, 7) is 2.79. The van der Waals surface area contributed by atoms with Gasteiger partial charge in [-0.25, -0.2) is 0 Å². The van der Waals surface area contributed by atoms with Gasteiger partial charge in [0.2, 0.25) is 5.91 Å². The highest BCUT2D eigenvalue weighted by Crippen LogP contribution is 2.44. The zero-order valence-corrected chi connectivity index (χ0v) is 12.5. The van der Waals surface area contributed by atoms with Crippen LogP contribution in [-0.2, 0) is 16.8 Å². The molecule has 1 aromatic heterocycles. The van der Waals surface area contributed by atoms with E-state index in [9.17, 15) is 4.79 Å². The van der Waals surface area contributed by atoms with Gasteiger partial charge in [0, 0.05) is 24.6 Å². The molecule has 1 spiro atoms. The van der Waals surface area contributed by atoms with Crippen molar-refractivity contribution in [3.8, 4) is 0 Å². The van der Waals surface area contributed by atoms with Gasteiger partial charge in [-0.3, -0.25) is 14.7 Å². The fourth-order valence-electron chi connectivity index (χ4n) is 3.71. The summed E-state index contributed by atoms with van der Waals surface area (Å²) in [4.78, 5) is 19.1. The molecule has 1 fully saturated rings. The van der Waals surface area contributed by atoms with Gasteiger partial charge in [0.1, 0.15) is 0 Å². The Kier molecular flexibility index (Phi) is 3.19. The number of pyridine rings is 1. The number of carbonyl (C=O) groups excluding carboxylic acids is 1. The Morgan fingerprint density at radius 1 is 1.14 bits per heavy atom. The van der Waals surface area contributed by atoms with Crippen molar-refractivity contribution < 1.29 is 4.79 Å². The number of para-hydroxylation sites is 1. The molecule has 0 bridgehead atoms. The number of nitrogens with zero attached hydrogens (tertiary/aromatic N) is 2. The highest BCUT2D eigenvalue weighted by atomic mass is 16.2. The van der Waals surface area contributed by atoms with Crippen molar-refractivity contribution in [2.45, 2.75) is 24.8 Å². The molecule has 22 heavy (non-hydrogen) atoms. The molecule has 0 atom stereocenters. The van der Waals surface area contributed by atoms with Gasteiger partial charge in [0.05, 0.1) is 5.41 Å². The molecule has 4 rings (SSSR count). The molecule has 0 unspecified atom stereocenters. The highest BCUT2D eigenvalue weighted by Gasteiger charge is 2.48. The topological polar surface area (TPSA) is 45.2 Å². The van der Waals surface area contributed by atoms with Crippen LogP contribution in [0.5, 0.6) is 0 Å². The maximum Gasteiger partial charge on any atom is 0.235 e. The van der Waals surface area contributed by atoms with Crippen LogP contribution in [0.4, 0.5) is 5.69 Å². The van der Waals surface area contributed by atoms with Crippen LogP contribution in [0.25, 0.3) is 0 Å². The van der Waals surface area contributed by atoms with E-state index in [1.54, 1.807) is 6.20 Å². The second-order valence-electron chi connectivity index (χ2n) is 6.22. The van der Waals surface area contributed by atoms with Crippen LogP contribution in [0.15, 0.2) is 48.8 Å². The lowest BCUT2D eigenvalue weighted by Crippen LogP contribution is -2.46. The molecule has 3 heterocycles. The Hall–Kier alpha value is -2.20. The molecule has 0 aliphatic carbocycles. The van der Waals surface area contributed by atoms with Gasteiger partial charge in [-0.05, 0) is 49.2 Å². The van der Waals surface area contributed by atoms with E-state index in [4.69, 9.17) is 0 Å². The number of piperidine rings is 1. The second kappa shape index (κ2) is 5.21. The molecular weight excluding hydrogens is 274 g/mol. The van der Waals surface area contributed by atoms with Gasteiger partial charge < -0.3 is 5.32 Å². The average molecular weight is 293 g/mol. The van der Waals surface area contributed by atoms with Crippen molar-refractivity contribution >= 4 is 11.6 Å². The SMILES string of the molecule is O=C1Nc2ccccc2C12CCN(Cc1cccnc1)CC2. The van der Waals surface area contributed by atoms with Crippen LogP contribution in [0.1, 0.15) is 24.0 Å². The van der Waals surface area contributed by atoms with E-state index in [0.717, 1.165) is 38.2 Å². The summed E-state index contributed by atoms with van der Waals surface area (Å²) < 4.78 is 0. The van der Waals surface area contributed by atoms with Crippen molar-refractivity contribution in [3.05, 3.63) is 59.9 Å². The number of rotatable bonds is 2. The monoisotopic (exact) mass is 293 g/mol. The Bertz CT molecular complexity index is 690. The summed E-state index contributed by atoms with van der Waals surface area (Å²) in [6, 6.07) is 12.2. The molecule has 112 valence electrons. The van der Waals surface area contributed by atoms with Crippen molar-refractivity contribution in [3.63, 3.8) is 0 Å². The molecule has 0 saturated carbocycles. The number of hydrogen-bond acceptors (Lipinski definition) is 3. The van der Waals surface area contributed by atoms with Gasteiger partial charge in [-0.15, -0.1) is 0 Å². The highest BCUT2D eigenvalue weighted by molar-refractivity contribution is 6.06. The first-order valence-electron chi connectivity index (χ1n) is 7.80. The number of amides is 1. The summed E-state index contributed by atoms with van der Waals surface area (Å²) in [5.41, 5.74) is 3.09. The van der Waals surface area contributed by atoms with Crippen LogP contribution in [-0.4, -0.2) is 28.9 Å². The predicted molar refractivity (Wildman–Crippen MR) is 85.5 cm³/mol. The predicted octanol–water partition coefficient (Wildman–Crippen LogP) is 2.57. The molecule has 0 radical (unpaired) electrons. The van der Waals surface area contributed by atoms with Gasteiger partial charge in [0.25, 0.3) is 0 Å². The standard InChI is InChI=1S/C18H19N3O/c22-17-18(15-5-1-2-6-16(15)20-17)7-10-21(11-8-18)13-14-4-3-9-19-12-14/h1-6,9,12H,7-8,10-11,13H2,(H,20,22). The van der Waals surface area contributed by atoms with Gasteiger partial charge in [-0.1, -0.05) is 24.3 Å². The van der Waals surface area contributed by atoms with Crippen LogP contribution in [0, 0.1) is 0 Å². The molecule has 4 heteroatoms. The summed E-state index contributed by atoms with van der Waals surface area (Å²) in [6.07, 6.45) is 5.49. The summed E-state index contributed by atoms with van der Waals surface area (Å²) >= 11 is 0. The van der Waals surface area contributed by atoms with E-state index < -0.39 is 0 Å². The minimum atomic E-state index is -0.317. The van der Waals surface area contributed by atoms with E-state index in [1.807, 2.05) is 30.5 Å². The van der Waals surface area contributed by atoms with Crippen molar-refractivity contribution in [2.75, 3.05) is 18.4 Å². The average Bonchev–Trinajstić information content (AvgIpc) is 2.83. The van der Waals surface area contributed by atoms with E-state index in [-0.39, 0.29) is 11.3 Å². The van der Waals surface area contributed by atoms with Gasteiger partial charge in [0.15, 0.2) is 0 Å². The Balaban J connectivity index is 1.51. The van der Waals surface area contributed by atoms with Crippen LogP contribution < -0.4 is 5.32 Å². The lowest BCUT2D eigenvalue weighted by Gasteiger charge is -2.38. The van der Waals surface area contributed by atoms with Crippen molar-refractivity contribution in [2.24, 2.45) is 0 Å². The summed E-state index contributed by atoms with van der Waals surface area (Å²) in [5, 5.41) is 3.05. The Morgan fingerprint density at radius 3 is 2.73 bits per heavy atom. The number of fused-ring (bicyclic) bond motifs is 2. The molecule has 2 aliphatic heterocycles. The van der Waals surface area contributed by atoms with Gasteiger partial charge >= 0.3 is 0 Å². The largest absolute Gasteiger partial charge is 0.325 e. The number of hydrogen-bond donors (Lipinski definition) is 1. The quantitative estimate of drug-likeness (QED) is 0.925. The van der Waals surface area contributed by atoms with E-state index in [1.165, 1.54) is 11.1 Å². The molecule has 1 amide bonds. The smallest absolute Gasteiger partial charge is 0.235 e. The number of nitrogens with one attached hydrogen (secondary N) is 1. The Morgan fingerprint density at radius 2 is 1.95 bits per heavy atom. The minimum absolute atomic E-state index is 0.176. The summed E-state index contributed by atoms with van der Waals surface area (Å²) in [5.74, 6) is 0.176. The molecular formula is C18H19N3O. The lowest BCUT2D eigenvalue weighted by atomic mass is 9.73. The number of anilines is 1. The third kappa shape index (κ3) is 2.11. The molecule has 1 saturated heterocycles. The minimum Gasteiger partial charge on any atom is -0.325 e. The zero-order valence-electron chi connectivity index (χ0n) is 12.5. The first kappa shape index (κ1) is 13.5. The summed E-state index contributed by atoms with van der Waals surface area (Å²) in [7, 11) is 0. The fraction of sp³-hybridized carbons (Fsp3) is 0.333. The lowest BCUT2D eigenvalue weighted by molar-refractivity contribution is -0.122. The molecule has 1 aromatic carbocycles. The first-order valence-corrected chi connectivity index (χ1v) is 7.80. The molecule has 4 nitrogen and oxygen atoms in total. The number of benzene rings is 1. The molecule has 2 aliphatic rings. The Labute approximate surface area is 130 Å². The van der Waals surface area contributed by atoms with Crippen LogP contribution >= 0.6 is 0 Å². The maximum atomic E-state index is 12.5. The van der Waals surface area contributed by atoms with E-state index >= 15 is 0 Å². The number of aromatic nitrogens is 1. The van der Waals surface area contributed by atoms with Gasteiger partial charge in [-0.2, -0.15) is 0 Å². The maximum absolute atomic E-state index is 12.5. The van der Waals surface area contributed by atoms with Crippen molar-refractivity contribution in [1.29, 1.82) is 0 Å². The third-order valence-corrected chi connectivity index (χ3v) is 4.96. The van der Waals surface area contributed by atoms with E-state index in [2.05, 4.69) is 27.3 Å². The molecule has 1 N–H and O–H groups in total. The normalized spacial score (nSPS) is 19.9. The van der Waals surface area contributed by atoms with Crippen LogP contribution in [0.3, 0.4) is 0 Å².